The van der Waals surface area contributed by atoms with Crippen molar-refractivity contribution in [2.45, 2.75) is 44.9 Å². The number of halogens is 1. The van der Waals surface area contributed by atoms with Gasteiger partial charge in [0.05, 0.1) is 10.3 Å². The van der Waals surface area contributed by atoms with Crippen molar-refractivity contribution in [2.24, 2.45) is 5.92 Å². The molecule has 1 saturated heterocycles. The third kappa shape index (κ3) is 4.92. The van der Waals surface area contributed by atoms with E-state index in [1.165, 1.54) is 68.4 Å². The summed E-state index contributed by atoms with van der Waals surface area (Å²) in [5, 5.41) is 12.4. The van der Waals surface area contributed by atoms with E-state index in [1.54, 1.807) is 0 Å². The van der Waals surface area contributed by atoms with E-state index >= 15 is 0 Å². The van der Waals surface area contributed by atoms with Gasteiger partial charge in [-0.1, -0.05) is 55.0 Å². The third-order valence-corrected chi connectivity index (χ3v) is 7.69. The fourth-order valence-electron chi connectivity index (χ4n) is 4.62. The molecule has 2 fully saturated rings. The van der Waals surface area contributed by atoms with E-state index in [0.29, 0.717) is 9.83 Å². The maximum absolute atomic E-state index is 12.5. The summed E-state index contributed by atoms with van der Waals surface area (Å²) >= 11 is 7.16. The predicted molar refractivity (Wildman–Crippen MR) is 122 cm³/mol. The van der Waals surface area contributed by atoms with Gasteiger partial charge in [0.25, 0.3) is 11.2 Å². The second-order valence-corrected chi connectivity index (χ2v) is 9.75. The molecular formula is C21H27ClN4O3S. The average Bonchev–Trinajstić information content (AvgIpc) is 2.75. The molecule has 1 aliphatic heterocycles. The lowest BCUT2D eigenvalue weighted by Gasteiger charge is -2.35. The van der Waals surface area contributed by atoms with E-state index in [9.17, 15) is 14.9 Å². The number of anilines is 1. The lowest BCUT2D eigenvalue weighted by Crippen LogP contribution is -2.47. The largest absolute Gasteiger partial charge is 0.345 e. The van der Waals surface area contributed by atoms with E-state index in [2.05, 4.69) is 14.8 Å². The fraction of sp³-hybridized carbons (Fsp3) is 0.619. The highest BCUT2D eigenvalue weighted by Gasteiger charge is 2.23. The van der Waals surface area contributed by atoms with Gasteiger partial charge in [-0.05, 0) is 31.4 Å². The van der Waals surface area contributed by atoms with Crippen molar-refractivity contribution in [2.75, 3.05) is 37.6 Å². The third-order valence-electron chi connectivity index (χ3n) is 6.31. The molecule has 4 rings (SSSR count). The molecule has 2 aliphatic rings. The molecule has 1 saturated carbocycles. The van der Waals surface area contributed by atoms with Crippen molar-refractivity contribution in [3.63, 3.8) is 0 Å². The lowest BCUT2D eigenvalue weighted by atomic mass is 9.86. The Hall–Kier alpha value is -1.77. The number of benzene rings is 1. The van der Waals surface area contributed by atoms with Crippen molar-refractivity contribution in [1.29, 1.82) is 0 Å². The summed E-state index contributed by atoms with van der Waals surface area (Å²) < 4.78 is 0.342. The van der Waals surface area contributed by atoms with Gasteiger partial charge in [0, 0.05) is 37.3 Å². The van der Waals surface area contributed by atoms with Gasteiger partial charge in [0.1, 0.15) is 4.70 Å². The predicted octanol–water partition coefficient (Wildman–Crippen LogP) is 4.70. The van der Waals surface area contributed by atoms with E-state index in [1.807, 2.05) is 0 Å². The Morgan fingerprint density at radius 3 is 2.60 bits per heavy atom. The van der Waals surface area contributed by atoms with Crippen LogP contribution in [0.1, 0.15) is 44.9 Å². The van der Waals surface area contributed by atoms with Crippen LogP contribution in [-0.2, 0) is 0 Å². The van der Waals surface area contributed by atoms with E-state index in [-0.39, 0.29) is 16.1 Å². The zero-order valence-corrected chi connectivity index (χ0v) is 18.6. The normalized spacial score (nSPS) is 18.8. The molecule has 7 nitrogen and oxygen atoms in total. The van der Waals surface area contributed by atoms with Gasteiger partial charge in [0.2, 0.25) is 0 Å². The molecule has 162 valence electrons. The highest BCUT2D eigenvalue weighted by Crippen LogP contribution is 2.34. The number of aromatic nitrogens is 1. The van der Waals surface area contributed by atoms with Gasteiger partial charge in [-0.3, -0.25) is 19.8 Å². The van der Waals surface area contributed by atoms with Crippen LogP contribution in [0.2, 0.25) is 5.02 Å². The molecule has 30 heavy (non-hydrogen) atoms. The number of nitrogens with zero attached hydrogens (tertiary/aromatic N) is 4. The van der Waals surface area contributed by atoms with Crippen LogP contribution < -0.4 is 10.5 Å². The molecule has 0 radical (unpaired) electrons. The van der Waals surface area contributed by atoms with Gasteiger partial charge in [-0.15, -0.1) is 0 Å². The number of piperazine rings is 1. The maximum Gasteiger partial charge on any atom is 0.288 e. The number of non-ortho nitro benzene ring substituents is 1. The van der Waals surface area contributed by atoms with E-state index < -0.39 is 10.5 Å². The van der Waals surface area contributed by atoms with Crippen LogP contribution in [0.25, 0.3) is 10.1 Å². The standard InChI is InChI=1S/C21H27ClN4O3S/c22-16-13-17-19(18(14-16)26(28)29)30-21(23-20(17)27)25-11-9-24(10-12-25)8-4-7-15-5-2-1-3-6-15/h13-15H,1-12H2. The molecule has 1 aromatic carbocycles. The van der Waals surface area contributed by atoms with Gasteiger partial charge in [0.15, 0.2) is 5.13 Å². The summed E-state index contributed by atoms with van der Waals surface area (Å²) in [6.07, 6.45) is 9.59. The van der Waals surface area contributed by atoms with Crippen LogP contribution in [0.3, 0.4) is 0 Å². The van der Waals surface area contributed by atoms with Gasteiger partial charge < -0.3 is 4.90 Å². The van der Waals surface area contributed by atoms with Crippen LogP contribution in [-0.4, -0.2) is 47.5 Å². The van der Waals surface area contributed by atoms with Gasteiger partial charge in [-0.25, -0.2) is 0 Å². The summed E-state index contributed by atoms with van der Waals surface area (Å²) in [5.74, 6) is 0.920. The molecule has 1 aliphatic carbocycles. The molecule has 0 N–H and O–H groups in total. The Morgan fingerprint density at radius 2 is 1.90 bits per heavy atom. The molecule has 0 amide bonds. The smallest absolute Gasteiger partial charge is 0.288 e. The second kappa shape index (κ2) is 9.58. The van der Waals surface area contributed by atoms with Crippen molar-refractivity contribution >= 4 is 43.8 Å². The van der Waals surface area contributed by atoms with Crippen LogP contribution in [0.4, 0.5) is 10.8 Å². The summed E-state index contributed by atoms with van der Waals surface area (Å²) in [5.41, 5.74) is -0.594. The molecule has 0 spiro atoms. The number of nitro groups is 1. The molecule has 9 heteroatoms. The second-order valence-electron chi connectivity index (χ2n) is 8.34. The van der Waals surface area contributed by atoms with Crippen molar-refractivity contribution in [1.82, 2.24) is 9.88 Å². The summed E-state index contributed by atoms with van der Waals surface area (Å²) in [4.78, 5) is 32.2. The van der Waals surface area contributed by atoms with Crippen molar-refractivity contribution in [3.05, 3.63) is 37.6 Å². The Labute approximate surface area is 184 Å². The molecule has 1 aromatic heterocycles. The number of nitro benzene ring substituents is 1. The SMILES string of the molecule is O=c1nc(N2CCN(CCCC3CCCCC3)CC2)sc2c([N+](=O)[O-])cc(Cl)cc12. The Morgan fingerprint density at radius 1 is 1.17 bits per heavy atom. The highest BCUT2D eigenvalue weighted by molar-refractivity contribution is 7.22. The summed E-state index contributed by atoms with van der Waals surface area (Å²) in [6, 6.07) is 2.76. The van der Waals surface area contributed by atoms with Gasteiger partial charge >= 0.3 is 0 Å². The zero-order valence-electron chi connectivity index (χ0n) is 17.0. The fourth-order valence-corrected chi connectivity index (χ4v) is 5.95. The summed E-state index contributed by atoms with van der Waals surface area (Å²) in [7, 11) is 0. The Kier molecular flexibility index (Phi) is 6.85. The monoisotopic (exact) mass is 450 g/mol. The number of rotatable bonds is 6. The molecule has 2 aromatic rings. The van der Waals surface area contributed by atoms with Crippen LogP contribution in [0, 0.1) is 16.0 Å². The average molecular weight is 451 g/mol. The topological polar surface area (TPSA) is 79.6 Å². The van der Waals surface area contributed by atoms with Crippen molar-refractivity contribution in [3.8, 4) is 0 Å². The van der Waals surface area contributed by atoms with Crippen LogP contribution in [0.15, 0.2) is 16.9 Å². The maximum atomic E-state index is 12.5. The minimum atomic E-state index is -0.488. The number of hydrogen-bond donors (Lipinski definition) is 0. The number of hydrogen-bond acceptors (Lipinski definition) is 7. The molecule has 2 heterocycles. The highest BCUT2D eigenvalue weighted by atomic mass is 35.5. The quantitative estimate of drug-likeness (QED) is 0.468. The zero-order chi connectivity index (χ0) is 21.1. The van der Waals surface area contributed by atoms with Crippen LogP contribution >= 0.6 is 22.9 Å². The molecule has 0 atom stereocenters. The van der Waals surface area contributed by atoms with Crippen LogP contribution in [0.5, 0.6) is 0 Å². The Bertz CT molecular complexity index is 969. The van der Waals surface area contributed by atoms with E-state index in [4.69, 9.17) is 11.6 Å². The first-order chi connectivity index (χ1) is 14.5. The van der Waals surface area contributed by atoms with Gasteiger partial charge in [-0.2, -0.15) is 4.98 Å². The lowest BCUT2D eigenvalue weighted by molar-refractivity contribution is -0.382. The number of fused-ring (bicyclic) bond motifs is 1. The minimum Gasteiger partial charge on any atom is -0.345 e. The Balaban J connectivity index is 1.39. The minimum absolute atomic E-state index is 0.135. The molecule has 0 bridgehead atoms. The van der Waals surface area contributed by atoms with E-state index in [0.717, 1.165) is 38.6 Å². The molecular weight excluding hydrogens is 424 g/mol. The first-order valence-electron chi connectivity index (χ1n) is 10.8. The van der Waals surface area contributed by atoms with Crippen molar-refractivity contribution < 1.29 is 4.92 Å². The summed E-state index contributed by atoms with van der Waals surface area (Å²) in [6.45, 7) is 4.52. The molecule has 0 unspecified atom stereocenters. The first-order valence-corrected chi connectivity index (χ1v) is 12.0. The first kappa shape index (κ1) is 21.5.